The van der Waals surface area contributed by atoms with Crippen molar-refractivity contribution in [3.05, 3.63) is 76.2 Å². The maximum absolute atomic E-state index is 12.2. The predicted octanol–water partition coefficient (Wildman–Crippen LogP) is 3.92. The van der Waals surface area contributed by atoms with Gasteiger partial charge in [0.25, 0.3) is 0 Å². The number of hydrogen-bond acceptors (Lipinski definition) is 4. The number of carbonyl (C=O) groups is 1. The maximum atomic E-state index is 12.2. The third-order valence-electron chi connectivity index (χ3n) is 3.52. The van der Waals surface area contributed by atoms with Gasteiger partial charge in [-0.25, -0.2) is 4.98 Å². The molecule has 5 heteroatoms. The highest BCUT2D eigenvalue weighted by molar-refractivity contribution is 7.09. The predicted molar refractivity (Wildman–Crippen MR) is 96.7 cm³/mol. The van der Waals surface area contributed by atoms with Gasteiger partial charge in [-0.3, -0.25) is 4.79 Å². The lowest BCUT2D eigenvalue weighted by Crippen LogP contribution is -2.15. The van der Waals surface area contributed by atoms with Gasteiger partial charge < -0.3 is 10.1 Å². The SMILES string of the molecule is COc1ccccc1NC(=O)Cc1csc(Cc2ccccc2)n1. The second-order valence-electron chi connectivity index (χ2n) is 5.32. The van der Waals surface area contributed by atoms with Crippen LogP contribution >= 0.6 is 11.3 Å². The van der Waals surface area contributed by atoms with Crippen LogP contribution in [0.5, 0.6) is 5.75 Å². The van der Waals surface area contributed by atoms with Crippen LogP contribution in [0.3, 0.4) is 0 Å². The molecule has 0 aliphatic heterocycles. The average molecular weight is 338 g/mol. The van der Waals surface area contributed by atoms with Crippen LogP contribution < -0.4 is 10.1 Å². The molecule has 2 aromatic carbocycles. The summed E-state index contributed by atoms with van der Waals surface area (Å²) in [4.78, 5) is 16.8. The number of ether oxygens (including phenoxy) is 1. The Hall–Kier alpha value is -2.66. The van der Waals surface area contributed by atoms with E-state index in [1.165, 1.54) is 5.56 Å². The van der Waals surface area contributed by atoms with E-state index >= 15 is 0 Å². The largest absolute Gasteiger partial charge is 0.495 e. The molecule has 0 aliphatic carbocycles. The van der Waals surface area contributed by atoms with Crippen molar-refractivity contribution < 1.29 is 9.53 Å². The van der Waals surface area contributed by atoms with Gasteiger partial charge in [-0.1, -0.05) is 42.5 Å². The molecule has 4 nitrogen and oxygen atoms in total. The smallest absolute Gasteiger partial charge is 0.230 e. The second-order valence-corrected chi connectivity index (χ2v) is 6.26. The minimum atomic E-state index is -0.101. The molecule has 0 bridgehead atoms. The lowest BCUT2D eigenvalue weighted by molar-refractivity contribution is -0.115. The first-order chi connectivity index (χ1) is 11.7. The van der Waals surface area contributed by atoms with E-state index in [1.807, 2.05) is 47.8 Å². The number of hydrogen-bond donors (Lipinski definition) is 1. The Kier molecular flexibility index (Phi) is 5.23. The molecule has 1 heterocycles. The molecule has 1 N–H and O–H groups in total. The average Bonchev–Trinajstić information content (AvgIpc) is 3.03. The van der Waals surface area contributed by atoms with Gasteiger partial charge in [-0.05, 0) is 17.7 Å². The molecule has 122 valence electrons. The number of nitrogens with zero attached hydrogens (tertiary/aromatic N) is 1. The number of amides is 1. The number of carbonyl (C=O) groups excluding carboxylic acids is 1. The first-order valence-corrected chi connectivity index (χ1v) is 8.52. The zero-order valence-electron chi connectivity index (χ0n) is 13.4. The monoisotopic (exact) mass is 338 g/mol. The van der Waals surface area contributed by atoms with Gasteiger partial charge in [0.2, 0.25) is 5.91 Å². The molecule has 3 rings (SSSR count). The summed E-state index contributed by atoms with van der Waals surface area (Å²) in [5.74, 6) is 0.546. The topological polar surface area (TPSA) is 51.2 Å². The van der Waals surface area contributed by atoms with Crippen LogP contribution in [-0.2, 0) is 17.6 Å². The Balaban J connectivity index is 1.61. The van der Waals surface area contributed by atoms with Crippen LogP contribution in [0, 0.1) is 0 Å². The number of thiazole rings is 1. The maximum Gasteiger partial charge on any atom is 0.230 e. The molecule has 1 amide bonds. The molecule has 0 radical (unpaired) electrons. The van der Waals surface area contributed by atoms with E-state index in [4.69, 9.17) is 4.74 Å². The van der Waals surface area contributed by atoms with Crippen molar-refractivity contribution in [3.63, 3.8) is 0 Å². The highest BCUT2D eigenvalue weighted by Gasteiger charge is 2.10. The lowest BCUT2D eigenvalue weighted by atomic mass is 10.2. The van der Waals surface area contributed by atoms with Gasteiger partial charge in [0.05, 0.1) is 29.9 Å². The lowest BCUT2D eigenvalue weighted by Gasteiger charge is -2.08. The number of para-hydroxylation sites is 2. The number of anilines is 1. The fourth-order valence-corrected chi connectivity index (χ4v) is 3.22. The Bertz CT molecular complexity index is 815. The summed E-state index contributed by atoms with van der Waals surface area (Å²) in [5, 5.41) is 5.83. The summed E-state index contributed by atoms with van der Waals surface area (Å²) in [6, 6.07) is 17.6. The minimum Gasteiger partial charge on any atom is -0.495 e. The fourth-order valence-electron chi connectivity index (χ4n) is 2.39. The highest BCUT2D eigenvalue weighted by Crippen LogP contribution is 2.23. The first kappa shape index (κ1) is 16.2. The van der Waals surface area contributed by atoms with Gasteiger partial charge in [0.15, 0.2) is 0 Å². The fraction of sp³-hybridized carbons (Fsp3) is 0.158. The molecular formula is C19H18N2O2S. The summed E-state index contributed by atoms with van der Waals surface area (Å²) in [5.41, 5.74) is 2.68. The number of methoxy groups -OCH3 is 1. The molecule has 24 heavy (non-hydrogen) atoms. The van der Waals surface area contributed by atoms with E-state index in [9.17, 15) is 4.79 Å². The van der Waals surface area contributed by atoms with Crippen LogP contribution in [-0.4, -0.2) is 18.0 Å². The molecule has 0 saturated heterocycles. The van der Waals surface area contributed by atoms with Crippen molar-refractivity contribution in [2.24, 2.45) is 0 Å². The number of nitrogens with one attached hydrogen (secondary N) is 1. The van der Waals surface area contributed by atoms with Crippen LogP contribution in [0.2, 0.25) is 0 Å². The molecule has 1 aromatic heterocycles. The van der Waals surface area contributed by atoms with E-state index in [-0.39, 0.29) is 12.3 Å². The van der Waals surface area contributed by atoms with E-state index in [1.54, 1.807) is 18.4 Å². The van der Waals surface area contributed by atoms with Gasteiger partial charge in [0.1, 0.15) is 5.75 Å². The summed E-state index contributed by atoms with van der Waals surface area (Å²) in [7, 11) is 1.58. The Morgan fingerprint density at radius 2 is 1.88 bits per heavy atom. The third-order valence-corrected chi connectivity index (χ3v) is 4.42. The molecule has 0 saturated carbocycles. The van der Waals surface area contributed by atoms with Gasteiger partial charge in [-0.2, -0.15) is 0 Å². The normalized spacial score (nSPS) is 10.4. The van der Waals surface area contributed by atoms with Crippen LogP contribution in [0.1, 0.15) is 16.3 Å². The van der Waals surface area contributed by atoms with E-state index in [0.717, 1.165) is 17.1 Å². The van der Waals surface area contributed by atoms with Crippen molar-refractivity contribution in [1.29, 1.82) is 0 Å². The van der Waals surface area contributed by atoms with Crippen molar-refractivity contribution >= 4 is 22.9 Å². The third kappa shape index (κ3) is 4.20. The van der Waals surface area contributed by atoms with Gasteiger partial charge >= 0.3 is 0 Å². The zero-order valence-corrected chi connectivity index (χ0v) is 14.2. The highest BCUT2D eigenvalue weighted by atomic mass is 32.1. The minimum absolute atomic E-state index is 0.101. The summed E-state index contributed by atoms with van der Waals surface area (Å²) >= 11 is 1.58. The van der Waals surface area contributed by atoms with Crippen LogP contribution in [0.25, 0.3) is 0 Å². The number of rotatable bonds is 6. The van der Waals surface area contributed by atoms with Gasteiger partial charge in [-0.15, -0.1) is 11.3 Å². The van der Waals surface area contributed by atoms with E-state index in [2.05, 4.69) is 22.4 Å². The van der Waals surface area contributed by atoms with Crippen molar-refractivity contribution in [2.45, 2.75) is 12.8 Å². The van der Waals surface area contributed by atoms with Crippen LogP contribution in [0.4, 0.5) is 5.69 Å². The van der Waals surface area contributed by atoms with Crippen molar-refractivity contribution in [1.82, 2.24) is 4.98 Å². The first-order valence-electron chi connectivity index (χ1n) is 7.64. The Labute approximate surface area is 145 Å². The molecule has 0 unspecified atom stereocenters. The Morgan fingerprint density at radius 1 is 1.12 bits per heavy atom. The van der Waals surface area contributed by atoms with Crippen molar-refractivity contribution in [3.8, 4) is 5.75 Å². The summed E-state index contributed by atoms with van der Waals surface area (Å²) in [6.07, 6.45) is 1.04. The molecule has 0 fully saturated rings. The number of aromatic nitrogens is 1. The quantitative estimate of drug-likeness (QED) is 0.741. The second kappa shape index (κ2) is 7.75. The van der Waals surface area contributed by atoms with E-state index < -0.39 is 0 Å². The van der Waals surface area contributed by atoms with Crippen molar-refractivity contribution in [2.75, 3.05) is 12.4 Å². The van der Waals surface area contributed by atoms with Crippen LogP contribution in [0.15, 0.2) is 60.0 Å². The summed E-state index contributed by atoms with van der Waals surface area (Å²) < 4.78 is 5.24. The summed E-state index contributed by atoms with van der Waals surface area (Å²) in [6.45, 7) is 0. The Morgan fingerprint density at radius 3 is 2.67 bits per heavy atom. The molecule has 0 aliphatic rings. The molecule has 3 aromatic rings. The standard InChI is InChI=1S/C19H18N2O2S/c1-23-17-10-6-5-9-16(17)21-18(22)12-15-13-24-19(20-15)11-14-7-3-2-4-8-14/h2-10,13H,11-12H2,1H3,(H,21,22). The van der Waals surface area contributed by atoms with Gasteiger partial charge in [0, 0.05) is 11.8 Å². The zero-order chi connectivity index (χ0) is 16.8. The van der Waals surface area contributed by atoms with E-state index in [0.29, 0.717) is 11.4 Å². The molecular weight excluding hydrogens is 320 g/mol. The molecule has 0 spiro atoms. The molecule has 0 atom stereocenters. The number of benzene rings is 2.